The van der Waals surface area contributed by atoms with Crippen LogP contribution in [0.5, 0.6) is 0 Å². The third-order valence-electron chi connectivity index (χ3n) is 1.98. The van der Waals surface area contributed by atoms with Gasteiger partial charge in [0, 0.05) is 6.08 Å². The molecule has 1 saturated heterocycles. The number of rotatable bonds is 2. The van der Waals surface area contributed by atoms with Gasteiger partial charge in [-0.1, -0.05) is 0 Å². The molecule has 0 bridgehead atoms. The molecule has 70 valence electrons. The van der Waals surface area contributed by atoms with Gasteiger partial charge in [-0.05, 0) is 18.2 Å². The second kappa shape index (κ2) is 3.38. The van der Waals surface area contributed by atoms with Crippen LogP contribution in [-0.2, 0) is 4.79 Å². The van der Waals surface area contributed by atoms with E-state index in [1.165, 1.54) is 11.0 Å². The highest BCUT2D eigenvalue weighted by Crippen LogP contribution is 2.16. The van der Waals surface area contributed by atoms with E-state index in [4.69, 9.17) is 9.68 Å². The van der Waals surface area contributed by atoms with Crippen molar-refractivity contribution in [3.63, 3.8) is 0 Å². The highest BCUT2D eigenvalue weighted by atomic mass is 16.3. The summed E-state index contributed by atoms with van der Waals surface area (Å²) in [5.74, 6) is 0.488. The number of nitrogens with zero attached hydrogens (tertiary/aromatic N) is 2. The number of carbonyl (C=O) groups is 1. The van der Waals surface area contributed by atoms with Crippen LogP contribution in [0.15, 0.2) is 28.9 Å². The zero-order valence-electron chi connectivity index (χ0n) is 7.38. The number of hydrogen-bond acceptors (Lipinski definition) is 3. The van der Waals surface area contributed by atoms with Crippen molar-refractivity contribution in [3.8, 4) is 6.07 Å². The van der Waals surface area contributed by atoms with Gasteiger partial charge in [-0.15, -0.1) is 0 Å². The second-order valence-electron chi connectivity index (χ2n) is 2.98. The molecule has 2 heterocycles. The SMILES string of the molecule is N#CC1CN1C(=O)C=Cc1ccco1. The minimum atomic E-state index is -0.233. The van der Waals surface area contributed by atoms with Crippen molar-refractivity contribution in [2.24, 2.45) is 0 Å². The first kappa shape index (κ1) is 8.57. The largest absolute Gasteiger partial charge is 0.465 e. The Hall–Kier alpha value is -2.02. The minimum Gasteiger partial charge on any atom is -0.465 e. The molecule has 1 fully saturated rings. The molecule has 0 saturated carbocycles. The van der Waals surface area contributed by atoms with E-state index in [-0.39, 0.29) is 11.9 Å². The minimum absolute atomic E-state index is 0.145. The van der Waals surface area contributed by atoms with E-state index in [9.17, 15) is 4.79 Å². The molecule has 1 aliphatic heterocycles. The molecule has 1 unspecified atom stereocenters. The maximum absolute atomic E-state index is 11.3. The molecule has 1 atom stereocenters. The van der Waals surface area contributed by atoms with Crippen LogP contribution in [-0.4, -0.2) is 23.4 Å². The molecule has 2 rings (SSSR count). The van der Waals surface area contributed by atoms with Gasteiger partial charge in [-0.2, -0.15) is 5.26 Å². The van der Waals surface area contributed by atoms with Crippen molar-refractivity contribution < 1.29 is 9.21 Å². The fraction of sp³-hybridized carbons (Fsp3) is 0.200. The highest BCUT2D eigenvalue weighted by molar-refractivity contribution is 5.93. The van der Waals surface area contributed by atoms with Gasteiger partial charge in [0.15, 0.2) is 0 Å². The molecule has 0 aliphatic carbocycles. The van der Waals surface area contributed by atoms with Crippen molar-refractivity contribution in [3.05, 3.63) is 30.2 Å². The van der Waals surface area contributed by atoms with E-state index in [1.54, 1.807) is 24.5 Å². The first-order chi connectivity index (χ1) is 6.81. The Morgan fingerprint density at radius 2 is 2.64 bits per heavy atom. The fourth-order valence-electron chi connectivity index (χ4n) is 1.13. The van der Waals surface area contributed by atoms with E-state index >= 15 is 0 Å². The molecule has 0 N–H and O–H groups in total. The lowest BCUT2D eigenvalue weighted by Gasteiger charge is -1.92. The lowest BCUT2D eigenvalue weighted by molar-refractivity contribution is -0.121. The maximum Gasteiger partial charge on any atom is 0.247 e. The van der Waals surface area contributed by atoms with Gasteiger partial charge in [0.05, 0.1) is 18.9 Å². The zero-order chi connectivity index (χ0) is 9.97. The molecule has 1 aromatic heterocycles. The van der Waals surface area contributed by atoms with Gasteiger partial charge < -0.3 is 9.32 Å². The highest BCUT2D eigenvalue weighted by Gasteiger charge is 2.37. The Balaban J connectivity index is 1.93. The second-order valence-corrected chi connectivity index (χ2v) is 2.98. The zero-order valence-corrected chi connectivity index (χ0v) is 7.38. The van der Waals surface area contributed by atoms with Crippen LogP contribution in [0, 0.1) is 11.3 Å². The molecule has 0 spiro atoms. The van der Waals surface area contributed by atoms with Crippen molar-refractivity contribution in [2.75, 3.05) is 6.54 Å². The fourth-order valence-corrected chi connectivity index (χ4v) is 1.13. The predicted octanol–water partition coefficient (Wildman–Crippen LogP) is 1.03. The summed E-state index contributed by atoms with van der Waals surface area (Å²) in [5.41, 5.74) is 0. The molecular weight excluding hydrogens is 180 g/mol. The number of hydrogen-bond donors (Lipinski definition) is 0. The third-order valence-corrected chi connectivity index (χ3v) is 1.98. The number of furan rings is 1. The Kier molecular flexibility index (Phi) is 2.07. The van der Waals surface area contributed by atoms with E-state index in [0.29, 0.717) is 12.3 Å². The van der Waals surface area contributed by atoms with Gasteiger partial charge in [0.2, 0.25) is 5.91 Å². The lowest BCUT2D eigenvalue weighted by atomic mass is 10.4. The van der Waals surface area contributed by atoms with Crippen LogP contribution >= 0.6 is 0 Å². The average molecular weight is 188 g/mol. The van der Waals surface area contributed by atoms with Gasteiger partial charge in [0.25, 0.3) is 0 Å². The summed E-state index contributed by atoms with van der Waals surface area (Å²) in [6.45, 7) is 0.540. The van der Waals surface area contributed by atoms with Gasteiger partial charge in [-0.3, -0.25) is 4.79 Å². The van der Waals surface area contributed by atoms with E-state index in [0.717, 1.165) is 0 Å². The number of carbonyl (C=O) groups excluding carboxylic acids is 1. The molecule has 14 heavy (non-hydrogen) atoms. The van der Waals surface area contributed by atoms with Gasteiger partial charge in [-0.25, -0.2) is 0 Å². The summed E-state index contributed by atoms with van der Waals surface area (Å²) in [4.78, 5) is 12.8. The van der Waals surface area contributed by atoms with Crippen molar-refractivity contribution in [2.45, 2.75) is 6.04 Å². The van der Waals surface area contributed by atoms with E-state index in [2.05, 4.69) is 0 Å². The molecule has 4 heteroatoms. The Morgan fingerprint density at radius 1 is 1.79 bits per heavy atom. The summed E-state index contributed by atoms with van der Waals surface area (Å²) in [6.07, 6.45) is 4.55. The molecule has 4 nitrogen and oxygen atoms in total. The van der Waals surface area contributed by atoms with Gasteiger partial charge >= 0.3 is 0 Å². The van der Waals surface area contributed by atoms with Crippen LogP contribution in [0.25, 0.3) is 6.08 Å². The molecule has 1 aromatic rings. The number of nitriles is 1. The van der Waals surface area contributed by atoms with Crippen LogP contribution in [0.3, 0.4) is 0 Å². The third kappa shape index (κ3) is 1.67. The van der Waals surface area contributed by atoms with Crippen LogP contribution in [0.4, 0.5) is 0 Å². The van der Waals surface area contributed by atoms with E-state index < -0.39 is 0 Å². The standard InChI is InChI=1S/C10H8N2O2/c11-6-8-7-12(8)10(13)4-3-9-2-1-5-14-9/h1-5,8H,7H2. The van der Waals surface area contributed by atoms with Crippen LogP contribution in [0.2, 0.25) is 0 Å². The quantitative estimate of drug-likeness (QED) is 0.514. The van der Waals surface area contributed by atoms with Crippen molar-refractivity contribution >= 4 is 12.0 Å². The predicted molar refractivity (Wildman–Crippen MR) is 48.9 cm³/mol. The maximum atomic E-state index is 11.3. The number of amides is 1. The first-order valence-electron chi connectivity index (χ1n) is 4.23. The molecule has 1 amide bonds. The molecule has 1 aliphatic rings. The summed E-state index contributed by atoms with van der Waals surface area (Å²) < 4.78 is 5.01. The smallest absolute Gasteiger partial charge is 0.247 e. The van der Waals surface area contributed by atoms with Gasteiger partial charge in [0.1, 0.15) is 11.8 Å². The van der Waals surface area contributed by atoms with Crippen LogP contribution in [0.1, 0.15) is 5.76 Å². The monoisotopic (exact) mass is 188 g/mol. The van der Waals surface area contributed by atoms with Crippen molar-refractivity contribution in [1.29, 1.82) is 5.26 Å². The Morgan fingerprint density at radius 3 is 3.21 bits per heavy atom. The average Bonchev–Trinajstić information content (AvgIpc) is 2.82. The summed E-state index contributed by atoms with van der Waals surface area (Å²) in [6, 6.07) is 5.29. The van der Waals surface area contributed by atoms with Crippen molar-refractivity contribution in [1.82, 2.24) is 4.90 Å². The molecular formula is C10H8N2O2. The first-order valence-corrected chi connectivity index (χ1v) is 4.23. The Labute approximate surface area is 81.0 Å². The van der Waals surface area contributed by atoms with E-state index in [1.807, 2.05) is 6.07 Å². The summed E-state index contributed by atoms with van der Waals surface area (Å²) >= 11 is 0. The lowest BCUT2D eigenvalue weighted by Crippen LogP contribution is -2.08. The summed E-state index contributed by atoms with van der Waals surface area (Å²) in [5, 5.41) is 8.49. The Bertz CT molecular complexity index is 400. The summed E-state index contributed by atoms with van der Waals surface area (Å²) in [7, 11) is 0. The van der Waals surface area contributed by atoms with Crippen LogP contribution < -0.4 is 0 Å². The normalized spacial score (nSPS) is 19.6. The molecule has 0 radical (unpaired) electrons. The topological polar surface area (TPSA) is 57.0 Å². The molecule has 0 aromatic carbocycles.